The van der Waals surface area contributed by atoms with Crippen LogP contribution in [0.2, 0.25) is 0 Å². The van der Waals surface area contributed by atoms with Gasteiger partial charge in [-0.05, 0) is 25.7 Å². The normalized spacial score (nSPS) is 12.9. The zero-order valence-electron chi connectivity index (χ0n) is 17.0. The monoisotopic (exact) mass is 347 g/mol. The van der Waals surface area contributed by atoms with Gasteiger partial charge in [-0.15, -0.1) is 0 Å². The Hall–Kier alpha value is 0.250. The fourth-order valence-electron chi connectivity index (χ4n) is 3.42. The molecule has 0 rings (SSSR count). The first-order valence-electron chi connectivity index (χ1n) is 10.3. The Morgan fingerprint density at radius 3 is 1.22 bits per heavy atom. The molecule has 1 atom stereocenters. The Labute approximate surface area is 154 Å². The van der Waals surface area contributed by atoms with Gasteiger partial charge in [0.15, 0.2) is 0 Å². The summed E-state index contributed by atoms with van der Waals surface area (Å²) >= 11 is 0. The highest BCUT2D eigenvalue weighted by atomic mass is 35.5. The molecule has 0 saturated heterocycles. The first-order chi connectivity index (χ1) is 10.5. The van der Waals surface area contributed by atoms with E-state index in [9.17, 15) is 0 Å². The van der Waals surface area contributed by atoms with E-state index in [0.717, 1.165) is 10.5 Å². The second-order valence-electron chi connectivity index (χ2n) is 8.24. The number of hydrogen-bond acceptors (Lipinski definition) is 0. The average Bonchev–Trinajstić information content (AvgIpc) is 2.46. The lowest BCUT2D eigenvalue weighted by atomic mass is 9.98. The van der Waals surface area contributed by atoms with Crippen LogP contribution in [0.1, 0.15) is 110 Å². The highest BCUT2D eigenvalue weighted by molar-refractivity contribution is 4.60. The van der Waals surface area contributed by atoms with Crippen molar-refractivity contribution in [3.63, 3.8) is 0 Å². The molecule has 142 valence electrons. The molecule has 0 heterocycles. The predicted molar refractivity (Wildman–Crippen MR) is 102 cm³/mol. The van der Waals surface area contributed by atoms with Crippen LogP contribution >= 0.6 is 0 Å². The SMILES string of the molecule is CCCCCCCCCCCCC(CCCCC)[N+](C)(C)C.[Cl-]. The summed E-state index contributed by atoms with van der Waals surface area (Å²) in [6.07, 6.45) is 21.6. The van der Waals surface area contributed by atoms with Gasteiger partial charge < -0.3 is 16.9 Å². The molecule has 0 aromatic heterocycles. The minimum atomic E-state index is 0. The topological polar surface area (TPSA) is 0 Å². The Balaban J connectivity index is 0. The molecule has 0 aliphatic heterocycles. The maximum atomic E-state index is 2.38. The fourth-order valence-corrected chi connectivity index (χ4v) is 3.42. The van der Waals surface area contributed by atoms with Crippen molar-refractivity contribution in [1.29, 1.82) is 0 Å². The fraction of sp³-hybridized carbons (Fsp3) is 1.00. The van der Waals surface area contributed by atoms with Crippen molar-refractivity contribution in [3.8, 4) is 0 Å². The van der Waals surface area contributed by atoms with Gasteiger partial charge in [0.05, 0.1) is 27.2 Å². The molecule has 0 aromatic carbocycles. The largest absolute Gasteiger partial charge is 1.00 e. The van der Waals surface area contributed by atoms with Crippen LogP contribution in [0.5, 0.6) is 0 Å². The van der Waals surface area contributed by atoms with E-state index >= 15 is 0 Å². The standard InChI is InChI=1S/C21H46N.ClH/c1-6-8-10-11-12-13-14-15-16-18-20-21(22(3,4)5)19-17-9-7-2;/h21H,6-20H2,1-5H3;1H/q+1;/p-1. The first-order valence-corrected chi connectivity index (χ1v) is 10.3. The van der Waals surface area contributed by atoms with Gasteiger partial charge in [0.25, 0.3) is 0 Å². The first kappa shape index (κ1) is 25.5. The zero-order chi connectivity index (χ0) is 16.7. The Kier molecular flexibility index (Phi) is 18.9. The molecule has 2 heteroatoms. The number of quaternary nitrogens is 1. The van der Waals surface area contributed by atoms with Crippen LogP contribution in [-0.2, 0) is 0 Å². The number of halogens is 1. The third-order valence-corrected chi connectivity index (χ3v) is 5.13. The van der Waals surface area contributed by atoms with Gasteiger partial charge in [0.2, 0.25) is 0 Å². The van der Waals surface area contributed by atoms with Crippen LogP contribution in [0.25, 0.3) is 0 Å². The van der Waals surface area contributed by atoms with Crippen LogP contribution in [0.4, 0.5) is 0 Å². The summed E-state index contributed by atoms with van der Waals surface area (Å²) in [5.74, 6) is 0. The molecule has 0 saturated carbocycles. The molecule has 0 aromatic rings. The van der Waals surface area contributed by atoms with Crippen molar-refractivity contribution < 1.29 is 16.9 Å². The number of hydrogen-bond donors (Lipinski definition) is 0. The van der Waals surface area contributed by atoms with Gasteiger partial charge in [0, 0.05) is 0 Å². The molecule has 0 radical (unpaired) electrons. The molecule has 0 N–H and O–H groups in total. The van der Waals surface area contributed by atoms with E-state index in [4.69, 9.17) is 0 Å². The molecule has 0 spiro atoms. The van der Waals surface area contributed by atoms with E-state index in [1.165, 1.54) is 96.3 Å². The van der Waals surface area contributed by atoms with E-state index in [2.05, 4.69) is 35.0 Å². The van der Waals surface area contributed by atoms with E-state index in [1.54, 1.807) is 0 Å². The van der Waals surface area contributed by atoms with Crippen LogP contribution < -0.4 is 12.4 Å². The molecule has 0 aliphatic rings. The van der Waals surface area contributed by atoms with E-state index in [-0.39, 0.29) is 12.4 Å². The lowest BCUT2D eigenvalue weighted by molar-refractivity contribution is -0.896. The molecule has 0 fully saturated rings. The molecule has 1 unspecified atom stereocenters. The molecule has 0 aliphatic carbocycles. The lowest BCUT2D eigenvalue weighted by Crippen LogP contribution is -3.00. The Bertz CT molecular complexity index is 222. The quantitative estimate of drug-likeness (QED) is 0.293. The van der Waals surface area contributed by atoms with Crippen molar-refractivity contribution >= 4 is 0 Å². The summed E-state index contributed by atoms with van der Waals surface area (Å²) in [7, 11) is 7.15. The van der Waals surface area contributed by atoms with Crippen molar-refractivity contribution in [2.75, 3.05) is 21.1 Å². The highest BCUT2D eigenvalue weighted by Gasteiger charge is 2.22. The summed E-state index contributed by atoms with van der Waals surface area (Å²) < 4.78 is 1.15. The van der Waals surface area contributed by atoms with Crippen LogP contribution in [0, 0.1) is 0 Å². The van der Waals surface area contributed by atoms with Gasteiger partial charge in [-0.2, -0.15) is 0 Å². The molecule has 1 nitrogen and oxygen atoms in total. The van der Waals surface area contributed by atoms with Crippen LogP contribution in [0.15, 0.2) is 0 Å². The number of unbranched alkanes of at least 4 members (excludes halogenated alkanes) is 11. The van der Waals surface area contributed by atoms with Crippen molar-refractivity contribution in [2.45, 2.75) is 116 Å². The third kappa shape index (κ3) is 16.9. The number of nitrogens with zero attached hydrogens (tertiary/aromatic N) is 1. The Morgan fingerprint density at radius 1 is 0.522 bits per heavy atom. The summed E-state index contributed by atoms with van der Waals surface area (Å²) in [5.41, 5.74) is 0. The second-order valence-corrected chi connectivity index (χ2v) is 8.24. The third-order valence-electron chi connectivity index (χ3n) is 5.13. The molecule has 0 amide bonds. The van der Waals surface area contributed by atoms with Gasteiger partial charge in [-0.3, -0.25) is 0 Å². The smallest absolute Gasteiger partial charge is 0.0884 e. The molecule has 23 heavy (non-hydrogen) atoms. The van der Waals surface area contributed by atoms with E-state index in [1.807, 2.05) is 0 Å². The maximum absolute atomic E-state index is 2.38. The van der Waals surface area contributed by atoms with Crippen LogP contribution in [-0.4, -0.2) is 31.7 Å². The van der Waals surface area contributed by atoms with Crippen molar-refractivity contribution in [2.24, 2.45) is 0 Å². The molecular formula is C21H46ClN. The summed E-state index contributed by atoms with van der Waals surface area (Å²) in [6.45, 7) is 4.61. The molecular weight excluding hydrogens is 302 g/mol. The average molecular weight is 348 g/mol. The van der Waals surface area contributed by atoms with Crippen molar-refractivity contribution in [3.05, 3.63) is 0 Å². The number of rotatable bonds is 16. The summed E-state index contributed by atoms with van der Waals surface area (Å²) in [5, 5.41) is 0. The minimum Gasteiger partial charge on any atom is -1.00 e. The zero-order valence-corrected chi connectivity index (χ0v) is 17.8. The van der Waals surface area contributed by atoms with Crippen molar-refractivity contribution in [1.82, 2.24) is 0 Å². The second kappa shape index (κ2) is 17.1. The maximum Gasteiger partial charge on any atom is 0.0884 e. The molecule has 0 bridgehead atoms. The van der Waals surface area contributed by atoms with E-state index in [0.29, 0.717) is 0 Å². The predicted octanol–water partition coefficient (Wildman–Crippen LogP) is 3.96. The minimum absolute atomic E-state index is 0. The Morgan fingerprint density at radius 2 is 0.826 bits per heavy atom. The van der Waals surface area contributed by atoms with Gasteiger partial charge in [-0.1, -0.05) is 84.5 Å². The van der Waals surface area contributed by atoms with E-state index < -0.39 is 0 Å². The van der Waals surface area contributed by atoms with Gasteiger partial charge in [-0.25, -0.2) is 0 Å². The van der Waals surface area contributed by atoms with Crippen LogP contribution in [0.3, 0.4) is 0 Å². The van der Waals surface area contributed by atoms with Gasteiger partial charge >= 0.3 is 0 Å². The summed E-state index contributed by atoms with van der Waals surface area (Å²) in [6, 6.07) is 0.876. The summed E-state index contributed by atoms with van der Waals surface area (Å²) in [4.78, 5) is 0. The van der Waals surface area contributed by atoms with Gasteiger partial charge in [0.1, 0.15) is 0 Å². The lowest BCUT2D eigenvalue weighted by Gasteiger charge is -2.34. The highest BCUT2D eigenvalue weighted by Crippen LogP contribution is 2.20.